The summed E-state index contributed by atoms with van der Waals surface area (Å²) in [4.78, 5) is 0. The van der Waals surface area contributed by atoms with E-state index in [9.17, 15) is 8.42 Å². The van der Waals surface area contributed by atoms with E-state index in [0.717, 1.165) is 5.56 Å². The molecular weight excluding hydrogens is 223 g/mol. The van der Waals surface area contributed by atoms with Gasteiger partial charge >= 0.3 is 29.6 Å². The molecule has 0 spiro atoms. The van der Waals surface area contributed by atoms with Gasteiger partial charge in [0.2, 0.25) is 0 Å². The van der Waals surface area contributed by atoms with Crippen LogP contribution in [0.25, 0.3) is 0 Å². The van der Waals surface area contributed by atoms with Gasteiger partial charge < -0.3 is 0 Å². The van der Waals surface area contributed by atoms with Crippen LogP contribution in [0.15, 0.2) is 43.0 Å². The second kappa shape index (κ2) is 7.19. The van der Waals surface area contributed by atoms with Crippen LogP contribution in [-0.2, 0) is 20.1 Å². The van der Waals surface area contributed by atoms with Crippen molar-refractivity contribution in [3.63, 3.8) is 0 Å². The molecule has 0 amide bonds. The predicted octanol–water partition coefficient (Wildman–Crippen LogP) is 1.07. The van der Waals surface area contributed by atoms with Crippen LogP contribution in [0.3, 0.4) is 0 Å². The van der Waals surface area contributed by atoms with Gasteiger partial charge in [-0.3, -0.25) is 4.18 Å². The molecule has 0 aliphatic carbocycles. The summed E-state index contributed by atoms with van der Waals surface area (Å²) < 4.78 is 27.2. The number of hydrogen-bond donors (Lipinski definition) is 0. The molecule has 0 fully saturated rings. The molecule has 0 unspecified atom stereocenters. The van der Waals surface area contributed by atoms with Crippen LogP contribution in [0, 0.1) is 0 Å². The summed E-state index contributed by atoms with van der Waals surface area (Å²) in [5.74, 6) is -0.0956. The van der Waals surface area contributed by atoms with E-state index >= 15 is 0 Å². The Labute approximate surface area is 113 Å². The molecule has 1 aromatic carbocycles. The molecule has 1 rings (SSSR count). The van der Waals surface area contributed by atoms with Crippen molar-refractivity contribution < 1.29 is 12.6 Å². The van der Waals surface area contributed by atoms with Crippen molar-refractivity contribution in [1.29, 1.82) is 0 Å². The van der Waals surface area contributed by atoms with Crippen LogP contribution in [0.5, 0.6) is 0 Å². The molecular formula is C10H13NaO3S. The fraction of sp³-hybridized carbons (Fsp3) is 0.200. The number of benzene rings is 1. The van der Waals surface area contributed by atoms with E-state index in [0.29, 0.717) is 0 Å². The zero-order valence-electron chi connectivity index (χ0n) is 7.72. The first-order valence-corrected chi connectivity index (χ1v) is 5.74. The maximum absolute atomic E-state index is 11.3. The van der Waals surface area contributed by atoms with E-state index < -0.39 is 10.1 Å². The molecule has 0 radical (unpaired) electrons. The summed E-state index contributed by atoms with van der Waals surface area (Å²) in [6.07, 6.45) is 1.41. The topological polar surface area (TPSA) is 43.4 Å². The van der Waals surface area contributed by atoms with E-state index in [-0.39, 0.29) is 41.9 Å². The van der Waals surface area contributed by atoms with Gasteiger partial charge in [0.05, 0.1) is 6.61 Å². The Morgan fingerprint density at radius 1 is 1.27 bits per heavy atom. The Hall–Kier alpha value is -0.130. The first-order valence-electron chi connectivity index (χ1n) is 4.16. The van der Waals surface area contributed by atoms with Crippen LogP contribution in [0.1, 0.15) is 5.56 Å². The summed E-state index contributed by atoms with van der Waals surface area (Å²) in [6.45, 7) is 3.40. The average Bonchev–Trinajstić information content (AvgIpc) is 2.16. The van der Waals surface area contributed by atoms with Crippen LogP contribution >= 0.6 is 0 Å². The minimum atomic E-state index is -3.47. The Balaban J connectivity index is 0.00000196. The standard InChI is InChI=1S/C10H12O3S.Na.H/c1-2-8-13-14(11,12)9-10-6-4-3-5-7-10;;/h2-7H,1,8-9H2;;. The van der Waals surface area contributed by atoms with Gasteiger partial charge in [-0.1, -0.05) is 36.4 Å². The van der Waals surface area contributed by atoms with Gasteiger partial charge in [0, 0.05) is 0 Å². The molecule has 5 heteroatoms. The van der Waals surface area contributed by atoms with Crippen LogP contribution < -0.4 is 0 Å². The van der Waals surface area contributed by atoms with Gasteiger partial charge in [0.15, 0.2) is 0 Å². The van der Waals surface area contributed by atoms with Gasteiger partial charge in [-0.25, -0.2) is 0 Å². The third-order valence-electron chi connectivity index (χ3n) is 1.55. The van der Waals surface area contributed by atoms with E-state index in [1.165, 1.54) is 6.08 Å². The fourth-order valence-corrected chi connectivity index (χ4v) is 1.96. The molecule has 0 atom stereocenters. The molecule has 0 N–H and O–H groups in total. The van der Waals surface area contributed by atoms with Gasteiger partial charge in [-0.05, 0) is 5.56 Å². The third kappa shape index (κ3) is 6.12. The van der Waals surface area contributed by atoms with Crippen molar-refractivity contribution in [3.05, 3.63) is 48.6 Å². The molecule has 3 nitrogen and oxygen atoms in total. The number of hydrogen-bond acceptors (Lipinski definition) is 3. The van der Waals surface area contributed by atoms with E-state index in [2.05, 4.69) is 10.8 Å². The van der Waals surface area contributed by atoms with Crippen LogP contribution in [0.4, 0.5) is 0 Å². The molecule has 0 saturated carbocycles. The zero-order chi connectivity index (χ0) is 10.4. The van der Waals surface area contributed by atoms with Crippen LogP contribution in [-0.4, -0.2) is 44.6 Å². The average molecular weight is 236 g/mol. The molecule has 0 bridgehead atoms. The molecule has 0 aliphatic rings. The second-order valence-corrected chi connectivity index (χ2v) is 4.40. The quantitative estimate of drug-likeness (QED) is 0.436. The molecule has 15 heavy (non-hydrogen) atoms. The predicted molar refractivity (Wildman–Crippen MR) is 62.4 cm³/mol. The Morgan fingerprint density at radius 2 is 1.87 bits per heavy atom. The number of rotatable bonds is 5. The van der Waals surface area contributed by atoms with Crippen molar-refractivity contribution in [2.75, 3.05) is 6.61 Å². The van der Waals surface area contributed by atoms with Gasteiger partial charge in [-0.15, -0.1) is 6.58 Å². The molecule has 1 aromatic rings. The second-order valence-electron chi connectivity index (χ2n) is 2.76. The Morgan fingerprint density at radius 3 is 2.40 bits per heavy atom. The van der Waals surface area contributed by atoms with Crippen molar-refractivity contribution in [2.45, 2.75) is 5.75 Å². The van der Waals surface area contributed by atoms with E-state index in [1.54, 1.807) is 24.3 Å². The SMILES string of the molecule is C=CCOS(=O)(=O)Cc1ccccc1.[NaH]. The molecule has 0 aliphatic heterocycles. The molecule has 0 saturated heterocycles. The molecule has 78 valence electrons. The van der Waals surface area contributed by atoms with E-state index in [4.69, 9.17) is 0 Å². The molecule has 0 aromatic heterocycles. The minimum absolute atomic E-state index is 0. The third-order valence-corrected chi connectivity index (χ3v) is 2.73. The molecule has 0 heterocycles. The first kappa shape index (κ1) is 14.9. The van der Waals surface area contributed by atoms with Gasteiger partial charge in [0.25, 0.3) is 10.1 Å². The summed E-state index contributed by atoms with van der Waals surface area (Å²) in [5, 5.41) is 0. The monoisotopic (exact) mass is 236 g/mol. The summed E-state index contributed by atoms with van der Waals surface area (Å²) in [6, 6.07) is 8.90. The van der Waals surface area contributed by atoms with Gasteiger partial charge in [-0.2, -0.15) is 8.42 Å². The first-order chi connectivity index (χ1) is 6.64. The zero-order valence-corrected chi connectivity index (χ0v) is 8.53. The Kier molecular flexibility index (Phi) is 7.13. The summed E-state index contributed by atoms with van der Waals surface area (Å²) in [5.41, 5.74) is 0.719. The van der Waals surface area contributed by atoms with E-state index in [1.807, 2.05) is 6.07 Å². The maximum atomic E-state index is 11.3. The normalized spacial score (nSPS) is 10.4. The van der Waals surface area contributed by atoms with Crippen molar-refractivity contribution in [2.24, 2.45) is 0 Å². The van der Waals surface area contributed by atoms with Crippen molar-refractivity contribution in [3.8, 4) is 0 Å². The van der Waals surface area contributed by atoms with Crippen molar-refractivity contribution >= 4 is 39.7 Å². The van der Waals surface area contributed by atoms with Gasteiger partial charge in [0.1, 0.15) is 5.75 Å². The summed E-state index contributed by atoms with van der Waals surface area (Å²) >= 11 is 0. The van der Waals surface area contributed by atoms with Crippen LogP contribution in [0.2, 0.25) is 0 Å². The summed E-state index contributed by atoms with van der Waals surface area (Å²) in [7, 11) is -3.47. The Bertz CT molecular complexity index is 386. The fourth-order valence-electron chi connectivity index (χ4n) is 0.972. The van der Waals surface area contributed by atoms with Crippen molar-refractivity contribution in [1.82, 2.24) is 0 Å².